The Morgan fingerprint density at radius 1 is 1.00 bits per heavy atom. The topological polar surface area (TPSA) is 17.0 Å². The molecule has 2 heteroatoms. The number of hydrogen-bond acceptors (Lipinski definition) is 1. The van der Waals surface area contributed by atoms with Gasteiger partial charge in [-0.3, -0.25) is 0 Å². The van der Waals surface area contributed by atoms with Crippen LogP contribution in [0.25, 0.3) is 44.3 Å². The number of rotatable bonds is 2. The Balaban J connectivity index is 1.70. The lowest BCUT2D eigenvalue weighted by Crippen LogP contribution is -2.32. The van der Waals surface area contributed by atoms with Crippen LogP contribution < -0.4 is 4.57 Å². The van der Waals surface area contributed by atoms with Crippen molar-refractivity contribution in [2.45, 2.75) is 52.8 Å². The number of aryl methyl sites for hydroxylation is 3. The quantitative estimate of drug-likeness (QED) is 0.248. The predicted molar refractivity (Wildman–Crippen MR) is 141 cm³/mol. The molecule has 0 bridgehead atoms. The average Bonchev–Trinajstić information content (AvgIpc) is 3.30. The molecule has 2 nitrogen and oxygen atoms in total. The largest absolute Gasteiger partial charge is 0.455 e. The highest BCUT2D eigenvalue weighted by molar-refractivity contribution is 6.14. The standard InChI is InChI=1S/C32H32NO/c1-18(2)24-16-26(33(7)17-20(24)4)28-19(3)12-13-23-29-27(34-31(23)28)15-14-22-21-10-8-9-11-25(21)32(5,6)30(22)29/h8-18H,1-7H3/q+1/i4D3,18D. The summed E-state index contributed by atoms with van der Waals surface area (Å²) >= 11 is 0. The zero-order valence-corrected chi connectivity index (χ0v) is 20.6. The molecule has 0 atom stereocenters. The fourth-order valence-corrected chi connectivity index (χ4v) is 5.93. The van der Waals surface area contributed by atoms with E-state index in [1.165, 1.54) is 22.3 Å². The maximum absolute atomic E-state index is 8.74. The van der Waals surface area contributed by atoms with Crippen LogP contribution in [0.2, 0.25) is 0 Å². The van der Waals surface area contributed by atoms with Gasteiger partial charge in [-0.2, -0.15) is 0 Å². The van der Waals surface area contributed by atoms with Gasteiger partial charge in [0.15, 0.2) is 6.20 Å². The normalized spacial score (nSPS) is 16.6. The van der Waals surface area contributed by atoms with Gasteiger partial charge in [0.2, 0.25) is 5.69 Å². The molecule has 0 radical (unpaired) electrons. The molecule has 1 aliphatic rings. The van der Waals surface area contributed by atoms with Crippen molar-refractivity contribution in [1.29, 1.82) is 0 Å². The summed E-state index contributed by atoms with van der Waals surface area (Å²) in [5, 5.41) is 2.17. The first-order valence-electron chi connectivity index (χ1n) is 13.9. The van der Waals surface area contributed by atoms with Crippen molar-refractivity contribution in [3.63, 3.8) is 0 Å². The van der Waals surface area contributed by atoms with Gasteiger partial charge in [-0.05, 0) is 59.1 Å². The zero-order chi connectivity index (χ0) is 27.4. The first kappa shape index (κ1) is 17.1. The summed E-state index contributed by atoms with van der Waals surface area (Å²) in [5.74, 6) is -1.08. The number of fused-ring (bicyclic) bond motifs is 7. The van der Waals surface area contributed by atoms with Crippen molar-refractivity contribution < 1.29 is 14.5 Å². The SMILES string of the molecule is [2H]C([2H])([2H])c1c[n+](C)c(-c2c(C)ccc3c2oc2ccc4c(c23)C(C)(C)c2ccccc2-4)cc1C([2H])(C)C. The monoisotopic (exact) mass is 450 g/mol. The number of aromatic nitrogens is 1. The molecule has 0 saturated heterocycles. The van der Waals surface area contributed by atoms with Crippen molar-refractivity contribution in [2.24, 2.45) is 7.05 Å². The van der Waals surface area contributed by atoms with Crippen LogP contribution in [0.5, 0.6) is 0 Å². The number of furan rings is 1. The molecule has 0 aliphatic heterocycles. The van der Waals surface area contributed by atoms with E-state index < -0.39 is 12.7 Å². The van der Waals surface area contributed by atoms with Crippen LogP contribution in [0.3, 0.4) is 0 Å². The first-order valence-corrected chi connectivity index (χ1v) is 11.9. The molecule has 3 aromatic carbocycles. The van der Waals surface area contributed by atoms with Crippen LogP contribution in [-0.2, 0) is 12.5 Å². The third kappa shape index (κ3) is 2.72. The smallest absolute Gasteiger partial charge is 0.216 e. The van der Waals surface area contributed by atoms with E-state index in [-0.39, 0.29) is 11.0 Å². The van der Waals surface area contributed by atoms with Crippen LogP contribution >= 0.6 is 0 Å². The van der Waals surface area contributed by atoms with Crippen molar-refractivity contribution in [1.82, 2.24) is 0 Å². The zero-order valence-electron chi connectivity index (χ0n) is 24.6. The van der Waals surface area contributed by atoms with E-state index in [1.54, 1.807) is 20.0 Å². The van der Waals surface area contributed by atoms with Crippen molar-refractivity contribution in [3.05, 3.63) is 88.6 Å². The molecule has 2 aromatic heterocycles. The number of pyridine rings is 1. The Morgan fingerprint density at radius 2 is 1.79 bits per heavy atom. The minimum Gasteiger partial charge on any atom is -0.455 e. The minimum atomic E-state index is -2.31. The molecule has 0 unspecified atom stereocenters. The van der Waals surface area contributed by atoms with Gasteiger partial charge in [-0.1, -0.05) is 70.2 Å². The summed E-state index contributed by atoms with van der Waals surface area (Å²) < 4.78 is 41.5. The second-order valence-corrected chi connectivity index (χ2v) is 10.4. The third-order valence-corrected chi connectivity index (χ3v) is 7.60. The lowest BCUT2D eigenvalue weighted by molar-refractivity contribution is -0.660. The molecule has 5 aromatic rings. The lowest BCUT2D eigenvalue weighted by atomic mass is 9.80. The van der Waals surface area contributed by atoms with Crippen LogP contribution in [0.15, 0.2) is 65.2 Å². The van der Waals surface area contributed by atoms with Crippen molar-refractivity contribution >= 4 is 21.9 Å². The van der Waals surface area contributed by atoms with Gasteiger partial charge < -0.3 is 4.42 Å². The molecule has 1 aliphatic carbocycles. The van der Waals surface area contributed by atoms with E-state index in [0.29, 0.717) is 5.56 Å². The van der Waals surface area contributed by atoms with Gasteiger partial charge in [-0.15, -0.1) is 0 Å². The van der Waals surface area contributed by atoms with Crippen LogP contribution in [0, 0.1) is 13.8 Å². The maximum Gasteiger partial charge on any atom is 0.216 e. The molecule has 170 valence electrons. The third-order valence-electron chi connectivity index (χ3n) is 7.60. The highest BCUT2D eigenvalue weighted by Crippen LogP contribution is 2.53. The molecule has 0 saturated carbocycles. The summed E-state index contributed by atoms with van der Waals surface area (Å²) in [6, 6.07) is 19.0. The van der Waals surface area contributed by atoms with Crippen molar-refractivity contribution in [2.75, 3.05) is 0 Å². The second-order valence-electron chi connectivity index (χ2n) is 10.4. The molecule has 2 heterocycles. The highest BCUT2D eigenvalue weighted by Gasteiger charge is 2.38. The van der Waals surface area contributed by atoms with Gasteiger partial charge in [-0.25, -0.2) is 4.57 Å². The van der Waals surface area contributed by atoms with Gasteiger partial charge in [0, 0.05) is 33.3 Å². The molecular formula is C32H32NO+. The van der Waals surface area contributed by atoms with Crippen LogP contribution in [0.4, 0.5) is 0 Å². The van der Waals surface area contributed by atoms with Gasteiger partial charge in [0.1, 0.15) is 18.2 Å². The summed E-state index contributed by atoms with van der Waals surface area (Å²) in [7, 11) is 1.86. The molecule has 0 fully saturated rings. The predicted octanol–water partition coefficient (Wildman–Crippen LogP) is 8.12. The molecule has 0 N–H and O–H groups in total. The average molecular weight is 451 g/mol. The Kier molecular flexibility index (Phi) is 3.55. The molecule has 34 heavy (non-hydrogen) atoms. The van der Waals surface area contributed by atoms with Gasteiger partial charge in [0.05, 0.1) is 5.56 Å². The Labute approximate surface area is 207 Å². The van der Waals surface area contributed by atoms with Crippen molar-refractivity contribution in [3.8, 4) is 22.4 Å². The van der Waals surface area contributed by atoms with Crippen LogP contribution in [-0.4, -0.2) is 0 Å². The van der Waals surface area contributed by atoms with E-state index in [9.17, 15) is 0 Å². The number of nitrogens with zero attached hydrogens (tertiary/aromatic N) is 1. The van der Waals surface area contributed by atoms with E-state index in [4.69, 9.17) is 9.90 Å². The van der Waals surface area contributed by atoms with E-state index in [0.717, 1.165) is 38.8 Å². The Bertz CT molecular complexity index is 1780. The van der Waals surface area contributed by atoms with E-state index >= 15 is 0 Å². The Hall–Kier alpha value is -3.39. The molecule has 0 amide bonds. The first-order chi connectivity index (χ1) is 17.7. The summed E-state index contributed by atoms with van der Waals surface area (Å²) in [6.45, 7) is 7.77. The Morgan fingerprint density at radius 3 is 2.56 bits per heavy atom. The summed E-state index contributed by atoms with van der Waals surface area (Å²) in [6.07, 6.45) is 1.66. The molecule has 0 spiro atoms. The van der Waals surface area contributed by atoms with Gasteiger partial charge >= 0.3 is 0 Å². The van der Waals surface area contributed by atoms with E-state index in [2.05, 4.69) is 69.3 Å². The highest BCUT2D eigenvalue weighted by atomic mass is 16.3. The second kappa shape index (κ2) is 7.06. The minimum absolute atomic E-state index is 0.179. The number of hydrogen-bond donors (Lipinski definition) is 0. The number of benzene rings is 3. The fraction of sp³-hybridized carbons (Fsp3) is 0.281. The lowest BCUT2D eigenvalue weighted by Gasteiger charge is -2.22. The van der Waals surface area contributed by atoms with Gasteiger partial charge in [0.25, 0.3) is 0 Å². The molecule has 6 rings (SSSR count). The van der Waals surface area contributed by atoms with Crippen LogP contribution in [0.1, 0.15) is 66.9 Å². The maximum atomic E-state index is 8.74. The summed E-state index contributed by atoms with van der Waals surface area (Å²) in [5.41, 5.74) is 10.0. The fourth-order valence-electron chi connectivity index (χ4n) is 5.93. The summed E-state index contributed by atoms with van der Waals surface area (Å²) in [4.78, 5) is 0. The molecular weight excluding hydrogens is 414 g/mol. The van der Waals surface area contributed by atoms with E-state index in [1.807, 2.05) is 17.7 Å².